The van der Waals surface area contributed by atoms with E-state index in [1.165, 1.54) is 5.56 Å². The highest BCUT2D eigenvalue weighted by atomic mass is 79.9. The van der Waals surface area contributed by atoms with E-state index in [-0.39, 0.29) is 0 Å². The van der Waals surface area contributed by atoms with E-state index in [1.807, 2.05) is 42.5 Å². The van der Waals surface area contributed by atoms with Crippen LogP contribution in [0.5, 0.6) is 11.5 Å². The largest absolute Gasteiger partial charge is 0.497 e. The van der Waals surface area contributed by atoms with Crippen LogP contribution in [0.3, 0.4) is 0 Å². The molecule has 0 amide bonds. The fourth-order valence-electron chi connectivity index (χ4n) is 1.61. The summed E-state index contributed by atoms with van der Waals surface area (Å²) in [6.45, 7) is 2.60. The first kappa shape index (κ1) is 13.0. The van der Waals surface area contributed by atoms with Crippen molar-refractivity contribution in [2.75, 3.05) is 7.11 Å². The first-order valence-electron chi connectivity index (χ1n) is 5.71. The Morgan fingerprint density at radius 1 is 1.06 bits per heavy atom. The maximum Gasteiger partial charge on any atom is 0.134 e. The second-order valence-electron chi connectivity index (χ2n) is 4.07. The molecule has 2 aromatic carbocycles. The minimum Gasteiger partial charge on any atom is -0.497 e. The molecule has 0 aromatic heterocycles. The van der Waals surface area contributed by atoms with Crippen LogP contribution in [0.4, 0.5) is 0 Å². The standard InChI is InChI=1S/C15H15BrO2/c1-11-3-8-15(14(16)9-11)18-10-12-4-6-13(17-2)7-5-12/h3-9H,10H2,1-2H3. The van der Waals surface area contributed by atoms with Crippen molar-refractivity contribution in [2.24, 2.45) is 0 Å². The van der Waals surface area contributed by atoms with Gasteiger partial charge < -0.3 is 9.47 Å². The van der Waals surface area contributed by atoms with Crippen molar-refractivity contribution >= 4 is 15.9 Å². The molecule has 94 valence electrons. The Kier molecular flexibility index (Phi) is 4.26. The third-order valence-electron chi connectivity index (χ3n) is 2.64. The zero-order valence-corrected chi connectivity index (χ0v) is 12.0. The molecular weight excluding hydrogens is 292 g/mol. The number of hydrogen-bond acceptors (Lipinski definition) is 2. The van der Waals surface area contributed by atoms with E-state index in [0.29, 0.717) is 6.61 Å². The van der Waals surface area contributed by atoms with Crippen molar-refractivity contribution < 1.29 is 9.47 Å². The van der Waals surface area contributed by atoms with Crippen molar-refractivity contribution in [3.8, 4) is 11.5 Å². The summed E-state index contributed by atoms with van der Waals surface area (Å²) in [5, 5.41) is 0. The highest BCUT2D eigenvalue weighted by Crippen LogP contribution is 2.26. The lowest BCUT2D eigenvalue weighted by atomic mass is 10.2. The van der Waals surface area contributed by atoms with Crippen LogP contribution in [0, 0.1) is 6.92 Å². The molecular formula is C15H15BrO2. The highest BCUT2D eigenvalue weighted by Gasteiger charge is 2.02. The van der Waals surface area contributed by atoms with E-state index in [4.69, 9.17) is 9.47 Å². The number of methoxy groups -OCH3 is 1. The summed E-state index contributed by atoms with van der Waals surface area (Å²) >= 11 is 3.50. The highest BCUT2D eigenvalue weighted by molar-refractivity contribution is 9.10. The monoisotopic (exact) mass is 306 g/mol. The predicted octanol–water partition coefficient (Wildman–Crippen LogP) is 4.35. The van der Waals surface area contributed by atoms with E-state index >= 15 is 0 Å². The number of hydrogen-bond donors (Lipinski definition) is 0. The Morgan fingerprint density at radius 3 is 2.39 bits per heavy atom. The quantitative estimate of drug-likeness (QED) is 0.836. The molecule has 0 unspecified atom stereocenters. The maximum atomic E-state index is 5.76. The molecule has 0 saturated heterocycles. The van der Waals surface area contributed by atoms with E-state index in [0.717, 1.165) is 21.5 Å². The molecule has 0 bridgehead atoms. The zero-order chi connectivity index (χ0) is 13.0. The molecule has 0 aliphatic rings. The number of ether oxygens (including phenoxy) is 2. The van der Waals surface area contributed by atoms with Gasteiger partial charge in [-0.25, -0.2) is 0 Å². The van der Waals surface area contributed by atoms with Crippen molar-refractivity contribution in [1.29, 1.82) is 0 Å². The van der Waals surface area contributed by atoms with E-state index < -0.39 is 0 Å². The topological polar surface area (TPSA) is 18.5 Å². The fraction of sp³-hybridized carbons (Fsp3) is 0.200. The Morgan fingerprint density at radius 2 is 1.78 bits per heavy atom. The normalized spacial score (nSPS) is 10.2. The summed E-state index contributed by atoms with van der Waals surface area (Å²) in [7, 11) is 1.66. The van der Waals surface area contributed by atoms with Gasteiger partial charge in [-0.2, -0.15) is 0 Å². The second-order valence-corrected chi connectivity index (χ2v) is 4.92. The van der Waals surface area contributed by atoms with Crippen LogP contribution in [0.2, 0.25) is 0 Å². The molecule has 0 heterocycles. The zero-order valence-electron chi connectivity index (χ0n) is 10.4. The van der Waals surface area contributed by atoms with Crippen molar-refractivity contribution in [3.05, 3.63) is 58.1 Å². The molecule has 0 aliphatic carbocycles. The van der Waals surface area contributed by atoms with Crippen LogP contribution in [0.15, 0.2) is 46.9 Å². The average molecular weight is 307 g/mol. The van der Waals surface area contributed by atoms with Gasteiger partial charge in [-0.1, -0.05) is 18.2 Å². The molecule has 0 N–H and O–H groups in total. The number of halogens is 1. The molecule has 0 atom stereocenters. The maximum absolute atomic E-state index is 5.76. The number of rotatable bonds is 4. The molecule has 2 nitrogen and oxygen atoms in total. The van der Waals surface area contributed by atoms with Gasteiger partial charge in [0.2, 0.25) is 0 Å². The van der Waals surface area contributed by atoms with Crippen LogP contribution in [0.25, 0.3) is 0 Å². The molecule has 0 saturated carbocycles. The predicted molar refractivity (Wildman–Crippen MR) is 76.2 cm³/mol. The molecule has 3 heteroatoms. The number of aryl methyl sites for hydroxylation is 1. The summed E-state index contributed by atoms with van der Waals surface area (Å²) in [6, 6.07) is 13.9. The van der Waals surface area contributed by atoms with Gasteiger partial charge in [0, 0.05) is 0 Å². The van der Waals surface area contributed by atoms with Gasteiger partial charge in [0.05, 0.1) is 11.6 Å². The molecule has 0 aliphatic heterocycles. The lowest BCUT2D eigenvalue weighted by Crippen LogP contribution is -1.96. The van der Waals surface area contributed by atoms with Gasteiger partial charge in [-0.05, 0) is 58.2 Å². The first-order valence-corrected chi connectivity index (χ1v) is 6.50. The third-order valence-corrected chi connectivity index (χ3v) is 3.26. The Bertz CT molecular complexity index is 521. The van der Waals surface area contributed by atoms with Crippen LogP contribution in [-0.4, -0.2) is 7.11 Å². The average Bonchev–Trinajstić information content (AvgIpc) is 2.38. The van der Waals surface area contributed by atoms with E-state index in [9.17, 15) is 0 Å². The molecule has 2 rings (SSSR count). The Hall–Kier alpha value is -1.48. The number of benzene rings is 2. The molecule has 0 radical (unpaired) electrons. The summed E-state index contributed by atoms with van der Waals surface area (Å²) in [4.78, 5) is 0. The fourth-order valence-corrected chi connectivity index (χ4v) is 2.21. The Balaban J connectivity index is 2.02. The summed E-state index contributed by atoms with van der Waals surface area (Å²) in [5.74, 6) is 1.71. The molecule has 2 aromatic rings. The van der Waals surface area contributed by atoms with Gasteiger partial charge in [-0.3, -0.25) is 0 Å². The Labute approximate surface area is 116 Å². The van der Waals surface area contributed by atoms with Crippen molar-refractivity contribution in [2.45, 2.75) is 13.5 Å². The van der Waals surface area contributed by atoms with Gasteiger partial charge in [0.1, 0.15) is 18.1 Å². The summed E-state index contributed by atoms with van der Waals surface area (Å²) < 4.78 is 11.9. The molecule has 0 spiro atoms. The van der Waals surface area contributed by atoms with Crippen LogP contribution in [0.1, 0.15) is 11.1 Å². The van der Waals surface area contributed by atoms with Crippen LogP contribution in [-0.2, 0) is 6.61 Å². The van der Waals surface area contributed by atoms with E-state index in [2.05, 4.69) is 22.9 Å². The minimum absolute atomic E-state index is 0.547. The third kappa shape index (κ3) is 3.26. The van der Waals surface area contributed by atoms with Crippen LogP contribution >= 0.6 is 15.9 Å². The first-order chi connectivity index (χ1) is 8.69. The van der Waals surface area contributed by atoms with Gasteiger partial charge in [0.15, 0.2) is 0 Å². The van der Waals surface area contributed by atoms with Crippen molar-refractivity contribution in [3.63, 3.8) is 0 Å². The smallest absolute Gasteiger partial charge is 0.134 e. The SMILES string of the molecule is COc1ccc(COc2ccc(C)cc2Br)cc1. The van der Waals surface area contributed by atoms with E-state index in [1.54, 1.807) is 7.11 Å². The summed E-state index contributed by atoms with van der Waals surface area (Å²) in [6.07, 6.45) is 0. The molecule has 0 fully saturated rings. The van der Waals surface area contributed by atoms with Crippen LogP contribution < -0.4 is 9.47 Å². The van der Waals surface area contributed by atoms with Gasteiger partial charge >= 0.3 is 0 Å². The van der Waals surface area contributed by atoms with Crippen molar-refractivity contribution in [1.82, 2.24) is 0 Å². The molecule has 18 heavy (non-hydrogen) atoms. The van der Waals surface area contributed by atoms with Gasteiger partial charge in [0.25, 0.3) is 0 Å². The second kappa shape index (κ2) is 5.91. The lowest BCUT2D eigenvalue weighted by Gasteiger charge is -2.09. The minimum atomic E-state index is 0.547. The lowest BCUT2D eigenvalue weighted by molar-refractivity contribution is 0.304. The summed E-state index contributed by atoms with van der Waals surface area (Å²) in [5.41, 5.74) is 2.32. The van der Waals surface area contributed by atoms with Gasteiger partial charge in [-0.15, -0.1) is 0 Å².